The van der Waals surface area contributed by atoms with Crippen molar-refractivity contribution >= 4 is 24.0 Å². The third-order valence-electron chi connectivity index (χ3n) is 2.15. The Morgan fingerprint density at radius 1 is 1.53 bits per heavy atom. The molecule has 80 valence electrons. The zero-order chi connectivity index (χ0) is 10.1. The molecule has 0 spiro atoms. The van der Waals surface area contributed by atoms with Crippen molar-refractivity contribution in [3.05, 3.63) is 35.8 Å². The van der Waals surface area contributed by atoms with Gasteiger partial charge in [0.15, 0.2) is 0 Å². The van der Waals surface area contributed by atoms with Gasteiger partial charge >= 0.3 is 5.97 Å². The molecular formula is C10H11ClN2O2. The van der Waals surface area contributed by atoms with Crippen molar-refractivity contribution in [3.63, 3.8) is 0 Å². The van der Waals surface area contributed by atoms with Gasteiger partial charge in [-0.2, -0.15) is 0 Å². The first-order valence-electron chi connectivity index (χ1n) is 4.33. The van der Waals surface area contributed by atoms with Gasteiger partial charge in [0, 0.05) is 6.20 Å². The molecule has 0 atom stereocenters. The molecule has 0 bridgehead atoms. The molecule has 0 unspecified atom stereocenters. The Hall–Kier alpha value is -1.55. The Morgan fingerprint density at radius 2 is 2.27 bits per heavy atom. The summed E-state index contributed by atoms with van der Waals surface area (Å²) in [6.45, 7) is 1.82. The number of hydrogen-bond donors (Lipinski definition) is 1. The predicted octanol–water partition coefficient (Wildman–Crippen LogP) is 1.69. The number of carboxylic acid groups (broad SMARTS) is 1. The van der Waals surface area contributed by atoms with E-state index in [0.717, 1.165) is 17.0 Å². The average molecular weight is 227 g/mol. The molecule has 2 aromatic rings. The lowest BCUT2D eigenvalue weighted by Gasteiger charge is -1.98. The van der Waals surface area contributed by atoms with Crippen LogP contribution in [0.5, 0.6) is 0 Å². The van der Waals surface area contributed by atoms with Crippen molar-refractivity contribution in [2.75, 3.05) is 0 Å². The Bertz CT molecular complexity index is 493. The fourth-order valence-corrected chi connectivity index (χ4v) is 1.52. The van der Waals surface area contributed by atoms with E-state index in [4.69, 9.17) is 5.11 Å². The molecule has 15 heavy (non-hydrogen) atoms. The van der Waals surface area contributed by atoms with Crippen LogP contribution in [0, 0.1) is 6.92 Å². The summed E-state index contributed by atoms with van der Waals surface area (Å²) < 4.78 is 1.81. The van der Waals surface area contributed by atoms with Crippen LogP contribution in [0.1, 0.15) is 11.4 Å². The minimum atomic E-state index is -0.834. The molecule has 0 aliphatic heterocycles. The number of aromatic nitrogens is 2. The largest absolute Gasteiger partial charge is 0.481 e. The molecule has 0 fully saturated rings. The van der Waals surface area contributed by atoms with Gasteiger partial charge in [-0.1, -0.05) is 6.07 Å². The van der Waals surface area contributed by atoms with Crippen LogP contribution in [0.15, 0.2) is 24.4 Å². The van der Waals surface area contributed by atoms with E-state index in [-0.39, 0.29) is 18.8 Å². The monoisotopic (exact) mass is 226 g/mol. The van der Waals surface area contributed by atoms with Crippen molar-refractivity contribution in [1.82, 2.24) is 9.38 Å². The van der Waals surface area contributed by atoms with Crippen LogP contribution in [0.3, 0.4) is 0 Å². The molecule has 0 aromatic carbocycles. The van der Waals surface area contributed by atoms with Crippen molar-refractivity contribution < 1.29 is 9.90 Å². The summed E-state index contributed by atoms with van der Waals surface area (Å²) in [6.07, 6.45) is 1.84. The number of aryl methyl sites for hydroxylation is 1. The lowest BCUT2D eigenvalue weighted by atomic mass is 10.2. The van der Waals surface area contributed by atoms with Crippen molar-refractivity contribution in [2.24, 2.45) is 0 Å². The molecule has 0 saturated heterocycles. The fraction of sp³-hybridized carbons (Fsp3) is 0.200. The van der Waals surface area contributed by atoms with Crippen molar-refractivity contribution in [2.45, 2.75) is 13.3 Å². The van der Waals surface area contributed by atoms with Crippen LogP contribution in [0.2, 0.25) is 0 Å². The maximum absolute atomic E-state index is 10.6. The highest BCUT2D eigenvalue weighted by Crippen LogP contribution is 2.11. The zero-order valence-electron chi connectivity index (χ0n) is 8.17. The SMILES string of the molecule is Cc1nc2ccccn2c1CC(=O)O.Cl. The van der Waals surface area contributed by atoms with Gasteiger partial charge in [-0.05, 0) is 19.1 Å². The summed E-state index contributed by atoms with van der Waals surface area (Å²) >= 11 is 0. The van der Waals surface area contributed by atoms with Gasteiger partial charge in [0.25, 0.3) is 0 Å². The van der Waals surface area contributed by atoms with Crippen LogP contribution in [0.4, 0.5) is 0 Å². The predicted molar refractivity (Wildman–Crippen MR) is 58.5 cm³/mol. The molecule has 2 aromatic heterocycles. The summed E-state index contributed by atoms with van der Waals surface area (Å²) in [5.41, 5.74) is 2.31. The number of nitrogens with zero attached hydrogens (tertiary/aromatic N) is 2. The van der Waals surface area contributed by atoms with Crippen molar-refractivity contribution in [1.29, 1.82) is 0 Å². The molecule has 2 rings (SSSR count). The lowest BCUT2D eigenvalue weighted by molar-refractivity contribution is -0.136. The third kappa shape index (κ3) is 2.10. The summed E-state index contributed by atoms with van der Waals surface area (Å²) in [5, 5.41) is 8.73. The van der Waals surface area contributed by atoms with E-state index in [1.54, 1.807) is 0 Å². The minimum Gasteiger partial charge on any atom is -0.481 e. The van der Waals surface area contributed by atoms with E-state index in [0.29, 0.717) is 0 Å². The first kappa shape index (κ1) is 11.5. The number of imidazole rings is 1. The second kappa shape index (κ2) is 4.31. The Kier molecular flexibility index (Phi) is 3.31. The molecule has 4 nitrogen and oxygen atoms in total. The summed E-state index contributed by atoms with van der Waals surface area (Å²) in [7, 11) is 0. The van der Waals surface area contributed by atoms with Gasteiger partial charge in [0.05, 0.1) is 17.8 Å². The molecule has 1 N–H and O–H groups in total. The highest BCUT2D eigenvalue weighted by molar-refractivity contribution is 5.85. The standard InChI is InChI=1S/C10H10N2O2.ClH/c1-7-8(6-10(13)14)12-5-3-2-4-9(12)11-7;/h2-5H,6H2,1H3,(H,13,14);1H. The quantitative estimate of drug-likeness (QED) is 0.848. The van der Waals surface area contributed by atoms with Crippen LogP contribution in [-0.4, -0.2) is 20.5 Å². The summed E-state index contributed by atoms with van der Waals surface area (Å²) in [5.74, 6) is -0.834. The minimum absolute atomic E-state index is 0. The maximum Gasteiger partial charge on any atom is 0.309 e. The Balaban J connectivity index is 0.00000112. The van der Waals surface area contributed by atoms with Crippen LogP contribution >= 0.6 is 12.4 Å². The van der Waals surface area contributed by atoms with Gasteiger partial charge in [-0.25, -0.2) is 4.98 Å². The first-order chi connectivity index (χ1) is 6.68. The summed E-state index contributed by atoms with van der Waals surface area (Å²) in [4.78, 5) is 14.9. The van der Waals surface area contributed by atoms with E-state index in [9.17, 15) is 4.79 Å². The smallest absolute Gasteiger partial charge is 0.309 e. The number of carboxylic acids is 1. The first-order valence-corrected chi connectivity index (χ1v) is 4.33. The van der Waals surface area contributed by atoms with Crippen molar-refractivity contribution in [3.8, 4) is 0 Å². The second-order valence-corrected chi connectivity index (χ2v) is 3.14. The summed E-state index contributed by atoms with van der Waals surface area (Å²) in [6, 6.07) is 5.60. The number of aliphatic carboxylic acids is 1. The molecule has 0 amide bonds. The molecule has 5 heteroatoms. The number of rotatable bonds is 2. The molecule has 0 aliphatic rings. The van der Waals surface area contributed by atoms with Crippen LogP contribution in [-0.2, 0) is 11.2 Å². The number of fused-ring (bicyclic) bond motifs is 1. The second-order valence-electron chi connectivity index (χ2n) is 3.14. The van der Waals surface area contributed by atoms with E-state index < -0.39 is 5.97 Å². The third-order valence-corrected chi connectivity index (χ3v) is 2.15. The molecule has 0 aliphatic carbocycles. The Labute approximate surface area is 93.0 Å². The number of carbonyl (C=O) groups is 1. The van der Waals surface area contributed by atoms with E-state index in [1.807, 2.05) is 35.7 Å². The van der Waals surface area contributed by atoms with Crippen LogP contribution < -0.4 is 0 Å². The van der Waals surface area contributed by atoms with E-state index in [2.05, 4.69) is 4.98 Å². The fourth-order valence-electron chi connectivity index (χ4n) is 1.52. The van der Waals surface area contributed by atoms with Crippen LogP contribution in [0.25, 0.3) is 5.65 Å². The molecular weight excluding hydrogens is 216 g/mol. The van der Waals surface area contributed by atoms with Gasteiger partial charge in [0.2, 0.25) is 0 Å². The molecule has 0 radical (unpaired) electrons. The van der Waals surface area contributed by atoms with Gasteiger partial charge < -0.3 is 9.51 Å². The topological polar surface area (TPSA) is 54.6 Å². The highest BCUT2D eigenvalue weighted by atomic mass is 35.5. The van der Waals surface area contributed by atoms with Gasteiger partial charge in [0.1, 0.15) is 5.65 Å². The Morgan fingerprint density at radius 3 is 2.93 bits per heavy atom. The van der Waals surface area contributed by atoms with Gasteiger partial charge in [-0.3, -0.25) is 4.79 Å². The highest BCUT2D eigenvalue weighted by Gasteiger charge is 2.10. The van der Waals surface area contributed by atoms with E-state index >= 15 is 0 Å². The molecule has 0 saturated carbocycles. The average Bonchev–Trinajstić information content (AvgIpc) is 2.43. The number of hydrogen-bond acceptors (Lipinski definition) is 2. The maximum atomic E-state index is 10.6. The number of halogens is 1. The van der Waals surface area contributed by atoms with Gasteiger partial charge in [-0.15, -0.1) is 12.4 Å². The normalized spacial score (nSPS) is 9.93. The van der Waals surface area contributed by atoms with E-state index in [1.165, 1.54) is 0 Å². The zero-order valence-corrected chi connectivity index (χ0v) is 8.99. The lowest BCUT2D eigenvalue weighted by Crippen LogP contribution is -2.04. The number of pyridine rings is 1. The molecule has 2 heterocycles.